The summed E-state index contributed by atoms with van der Waals surface area (Å²) < 4.78 is 5.03. The number of nitrogens with zero attached hydrogens (tertiary/aromatic N) is 1. The summed E-state index contributed by atoms with van der Waals surface area (Å²) in [4.78, 5) is 17.5. The first-order valence-corrected chi connectivity index (χ1v) is 9.39. The Balaban J connectivity index is 1.58. The van der Waals surface area contributed by atoms with Gasteiger partial charge in [0.1, 0.15) is 0 Å². The molecule has 1 saturated heterocycles. The number of benzene rings is 1. The summed E-state index contributed by atoms with van der Waals surface area (Å²) in [7, 11) is 1.51. The number of rotatable bonds is 6. The van der Waals surface area contributed by atoms with Crippen molar-refractivity contribution in [2.75, 3.05) is 25.5 Å². The highest BCUT2D eigenvalue weighted by Gasteiger charge is 2.20. The molecule has 0 radical (unpaired) electrons. The minimum atomic E-state index is -0.0711. The van der Waals surface area contributed by atoms with Crippen LogP contribution < -0.4 is 15.5 Å². The molecule has 2 N–H and O–H groups in total. The van der Waals surface area contributed by atoms with Gasteiger partial charge < -0.3 is 15.0 Å². The first kappa shape index (κ1) is 18.5. The van der Waals surface area contributed by atoms with E-state index in [4.69, 9.17) is 4.74 Å². The maximum absolute atomic E-state index is 11.9. The zero-order chi connectivity index (χ0) is 18.5. The smallest absolute Gasteiger partial charge is 0.223 e. The number of hydrogen-bond acceptors (Lipinski definition) is 4. The van der Waals surface area contributed by atoms with Crippen LogP contribution in [0.4, 0.5) is 5.69 Å². The Labute approximate surface area is 155 Å². The van der Waals surface area contributed by atoms with Gasteiger partial charge in [0.05, 0.1) is 7.11 Å². The molecule has 140 valence electrons. The number of H-pyrrole nitrogens is 1. The van der Waals surface area contributed by atoms with Crippen molar-refractivity contribution in [3.63, 3.8) is 0 Å². The van der Waals surface area contributed by atoms with Crippen LogP contribution in [-0.4, -0.2) is 36.1 Å². The van der Waals surface area contributed by atoms with E-state index in [2.05, 4.69) is 53.3 Å². The largest absolute Gasteiger partial charge is 0.491 e. The van der Waals surface area contributed by atoms with E-state index < -0.39 is 0 Å². The van der Waals surface area contributed by atoms with E-state index in [1.54, 1.807) is 12.3 Å². The second-order valence-electron chi connectivity index (χ2n) is 7.39. The Morgan fingerprint density at radius 2 is 2.08 bits per heavy atom. The summed E-state index contributed by atoms with van der Waals surface area (Å²) in [5.41, 5.74) is 3.40. The van der Waals surface area contributed by atoms with Crippen molar-refractivity contribution >= 4 is 5.69 Å². The highest BCUT2D eigenvalue weighted by atomic mass is 16.5. The second kappa shape index (κ2) is 8.41. The second-order valence-corrected chi connectivity index (χ2v) is 7.39. The SMILES string of the molecule is COc1c[nH]c(CN2CCC[C@H](Nc3ccc(C(C)C)cc3)C2)cc1=O. The molecule has 0 saturated carbocycles. The van der Waals surface area contributed by atoms with Gasteiger partial charge in [-0.3, -0.25) is 9.69 Å². The number of methoxy groups -OCH3 is 1. The van der Waals surface area contributed by atoms with Crippen LogP contribution in [-0.2, 0) is 6.54 Å². The molecule has 0 unspecified atom stereocenters. The quantitative estimate of drug-likeness (QED) is 0.831. The number of piperidine rings is 1. The Morgan fingerprint density at radius 3 is 2.73 bits per heavy atom. The molecular formula is C21H29N3O2. The van der Waals surface area contributed by atoms with Crippen molar-refractivity contribution < 1.29 is 4.74 Å². The van der Waals surface area contributed by atoms with Crippen molar-refractivity contribution in [1.29, 1.82) is 0 Å². The standard InChI is InChI=1S/C21H29N3O2/c1-15(2)16-6-8-17(9-7-16)23-18-5-4-10-24(13-18)14-19-11-20(25)21(26-3)12-22-19/h6-9,11-12,15,18,23H,4-5,10,13-14H2,1-3H3,(H,22,25)/t18-/m0/s1. The molecule has 0 aliphatic carbocycles. The summed E-state index contributed by atoms with van der Waals surface area (Å²) in [6, 6.07) is 10.8. The molecule has 2 heterocycles. The number of anilines is 1. The molecule has 2 aromatic rings. The van der Waals surface area contributed by atoms with Gasteiger partial charge in [0.25, 0.3) is 0 Å². The lowest BCUT2D eigenvalue weighted by Crippen LogP contribution is -2.41. The summed E-state index contributed by atoms with van der Waals surface area (Å²) in [5.74, 6) is 0.914. The number of hydrogen-bond donors (Lipinski definition) is 2. The molecule has 0 bridgehead atoms. The third kappa shape index (κ3) is 4.67. The maximum atomic E-state index is 11.9. The van der Waals surface area contributed by atoms with E-state index in [9.17, 15) is 4.79 Å². The first-order chi connectivity index (χ1) is 12.5. The van der Waals surface area contributed by atoms with E-state index in [1.807, 2.05) is 0 Å². The maximum Gasteiger partial charge on any atom is 0.223 e. The number of aromatic amines is 1. The van der Waals surface area contributed by atoms with E-state index in [0.29, 0.717) is 17.7 Å². The van der Waals surface area contributed by atoms with Crippen LogP contribution >= 0.6 is 0 Å². The van der Waals surface area contributed by atoms with E-state index in [0.717, 1.165) is 31.7 Å². The third-order valence-electron chi connectivity index (χ3n) is 5.00. The highest BCUT2D eigenvalue weighted by molar-refractivity contribution is 5.46. The average Bonchev–Trinajstić information content (AvgIpc) is 2.63. The van der Waals surface area contributed by atoms with Crippen LogP contribution in [0.25, 0.3) is 0 Å². The fraction of sp³-hybridized carbons (Fsp3) is 0.476. The van der Waals surface area contributed by atoms with Crippen molar-refractivity contribution in [3.05, 3.63) is 58.0 Å². The number of nitrogens with one attached hydrogen (secondary N) is 2. The zero-order valence-corrected chi connectivity index (χ0v) is 15.9. The van der Waals surface area contributed by atoms with Gasteiger partial charge in [-0.25, -0.2) is 0 Å². The van der Waals surface area contributed by atoms with Crippen molar-refractivity contribution in [1.82, 2.24) is 9.88 Å². The molecular weight excluding hydrogens is 326 g/mol. The first-order valence-electron chi connectivity index (χ1n) is 9.39. The molecule has 0 spiro atoms. The van der Waals surface area contributed by atoms with Crippen molar-refractivity contribution in [2.45, 2.75) is 45.2 Å². The lowest BCUT2D eigenvalue weighted by atomic mass is 10.0. The number of pyridine rings is 1. The van der Waals surface area contributed by atoms with Gasteiger partial charge in [-0.1, -0.05) is 26.0 Å². The number of aromatic nitrogens is 1. The van der Waals surface area contributed by atoms with Crippen LogP contribution in [0.5, 0.6) is 5.75 Å². The molecule has 1 aliphatic heterocycles. The van der Waals surface area contributed by atoms with Gasteiger partial charge in [0.15, 0.2) is 5.75 Å². The monoisotopic (exact) mass is 355 g/mol. The molecule has 5 heteroatoms. The van der Waals surface area contributed by atoms with Crippen LogP contribution in [0.1, 0.15) is 43.9 Å². The molecule has 5 nitrogen and oxygen atoms in total. The van der Waals surface area contributed by atoms with E-state index in [-0.39, 0.29) is 5.43 Å². The van der Waals surface area contributed by atoms with Crippen LogP contribution in [0.15, 0.2) is 41.3 Å². The topological polar surface area (TPSA) is 57.4 Å². The van der Waals surface area contributed by atoms with Crippen molar-refractivity contribution in [2.24, 2.45) is 0 Å². The van der Waals surface area contributed by atoms with E-state index >= 15 is 0 Å². The molecule has 1 aromatic carbocycles. The zero-order valence-electron chi connectivity index (χ0n) is 15.9. The molecule has 1 aliphatic rings. The van der Waals surface area contributed by atoms with Gasteiger partial charge in [-0.2, -0.15) is 0 Å². The number of likely N-dealkylation sites (tertiary alicyclic amines) is 1. The molecule has 1 atom stereocenters. The third-order valence-corrected chi connectivity index (χ3v) is 5.00. The summed E-state index contributed by atoms with van der Waals surface area (Å²) in [6.45, 7) is 7.21. The Hall–Kier alpha value is -2.27. The van der Waals surface area contributed by atoms with Gasteiger partial charge in [0.2, 0.25) is 5.43 Å². The van der Waals surface area contributed by atoms with Gasteiger partial charge in [-0.15, -0.1) is 0 Å². The van der Waals surface area contributed by atoms with Crippen LogP contribution in [0.2, 0.25) is 0 Å². The molecule has 0 amide bonds. The molecule has 1 fully saturated rings. The molecule has 3 rings (SSSR count). The fourth-order valence-electron chi connectivity index (χ4n) is 3.51. The fourth-order valence-corrected chi connectivity index (χ4v) is 3.51. The number of ether oxygens (including phenoxy) is 1. The Bertz CT molecular complexity index is 768. The predicted octanol–water partition coefficient (Wildman–Crippen LogP) is 3.58. The Kier molecular flexibility index (Phi) is 5.99. The van der Waals surface area contributed by atoms with Crippen molar-refractivity contribution in [3.8, 4) is 5.75 Å². The highest BCUT2D eigenvalue weighted by Crippen LogP contribution is 2.20. The summed E-state index contributed by atoms with van der Waals surface area (Å²) in [6.07, 6.45) is 3.97. The van der Waals surface area contributed by atoms with Crippen LogP contribution in [0.3, 0.4) is 0 Å². The average molecular weight is 355 g/mol. The molecule has 1 aromatic heterocycles. The minimum absolute atomic E-state index is 0.0711. The van der Waals surface area contributed by atoms with Crippen LogP contribution in [0, 0.1) is 0 Å². The predicted molar refractivity (Wildman–Crippen MR) is 106 cm³/mol. The minimum Gasteiger partial charge on any atom is -0.491 e. The van der Waals surface area contributed by atoms with Gasteiger partial charge >= 0.3 is 0 Å². The lowest BCUT2D eigenvalue weighted by molar-refractivity contribution is 0.206. The summed E-state index contributed by atoms with van der Waals surface area (Å²) >= 11 is 0. The lowest BCUT2D eigenvalue weighted by Gasteiger charge is -2.33. The van der Waals surface area contributed by atoms with Gasteiger partial charge in [0, 0.05) is 42.8 Å². The Morgan fingerprint density at radius 1 is 1.31 bits per heavy atom. The normalized spacial score (nSPS) is 18.1. The summed E-state index contributed by atoms with van der Waals surface area (Å²) in [5, 5.41) is 3.66. The molecule has 26 heavy (non-hydrogen) atoms. The van der Waals surface area contributed by atoms with Gasteiger partial charge in [-0.05, 0) is 43.0 Å². The van der Waals surface area contributed by atoms with E-state index in [1.165, 1.54) is 24.8 Å².